The first-order valence-corrected chi connectivity index (χ1v) is 10.5. The van der Waals surface area contributed by atoms with Gasteiger partial charge in [-0.05, 0) is 46.7 Å². The van der Waals surface area contributed by atoms with Crippen LogP contribution in [0.25, 0.3) is 10.8 Å². The van der Waals surface area contributed by atoms with E-state index >= 15 is 0 Å². The average molecular weight is 412 g/mol. The van der Waals surface area contributed by atoms with E-state index in [9.17, 15) is 9.18 Å². The van der Waals surface area contributed by atoms with Gasteiger partial charge >= 0.3 is 0 Å². The molecule has 1 atom stereocenters. The Hall–Kier alpha value is -3.44. The number of rotatable bonds is 3. The summed E-state index contributed by atoms with van der Waals surface area (Å²) in [6, 6.07) is 27.5. The molecule has 0 saturated carbocycles. The van der Waals surface area contributed by atoms with E-state index in [2.05, 4.69) is 5.32 Å². The molecule has 1 heterocycles. The Morgan fingerprint density at radius 2 is 1.60 bits per heavy atom. The molecule has 0 radical (unpaired) electrons. The van der Waals surface area contributed by atoms with Crippen LogP contribution < -0.4 is 5.32 Å². The molecule has 146 valence electrons. The van der Waals surface area contributed by atoms with Crippen LogP contribution in [0, 0.1) is 5.82 Å². The summed E-state index contributed by atoms with van der Waals surface area (Å²) in [6.45, 7) is 0. The van der Waals surface area contributed by atoms with Gasteiger partial charge < -0.3 is 5.32 Å². The van der Waals surface area contributed by atoms with Crippen LogP contribution in [0.4, 0.5) is 10.1 Å². The molecule has 0 aromatic heterocycles. The number of fused-ring (bicyclic) bond motifs is 2. The van der Waals surface area contributed by atoms with Crippen LogP contribution in [0.2, 0.25) is 0 Å². The molecule has 4 aromatic carbocycles. The summed E-state index contributed by atoms with van der Waals surface area (Å²) < 4.78 is 13.5. The van der Waals surface area contributed by atoms with Gasteiger partial charge in [0.05, 0.1) is 11.4 Å². The molecule has 5 heteroatoms. The Balaban J connectivity index is 1.53. The summed E-state index contributed by atoms with van der Waals surface area (Å²) in [5.74, 6) is -0.474. The zero-order valence-corrected chi connectivity index (χ0v) is 16.7. The molecule has 0 spiro atoms. The fraction of sp³-hybridized carbons (Fsp3) is 0.0400. The van der Waals surface area contributed by atoms with Gasteiger partial charge in [0.2, 0.25) is 0 Å². The number of carbonyl (C=O) groups excluding carboxylic acids is 1. The summed E-state index contributed by atoms with van der Waals surface area (Å²) in [5.41, 5.74) is 2.94. The van der Waals surface area contributed by atoms with Crippen molar-refractivity contribution in [3.05, 3.63) is 108 Å². The lowest BCUT2D eigenvalue weighted by Crippen LogP contribution is -2.39. The van der Waals surface area contributed by atoms with E-state index in [1.807, 2.05) is 66.7 Å². The molecule has 0 bridgehead atoms. The molecule has 1 N–H and O–H groups in total. The zero-order valence-electron chi connectivity index (χ0n) is 15.9. The van der Waals surface area contributed by atoms with Gasteiger partial charge in [0.1, 0.15) is 11.2 Å². The first-order valence-electron chi connectivity index (χ1n) is 9.58. The predicted octanol–water partition coefficient (Wildman–Crippen LogP) is 5.96. The highest BCUT2D eigenvalue weighted by Crippen LogP contribution is 2.38. The summed E-state index contributed by atoms with van der Waals surface area (Å²) >= 11 is 1.54. The lowest BCUT2D eigenvalue weighted by atomic mass is 10.0. The van der Waals surface area contributed by atoms with Gasteiger partial charge in [0.15, 0.2) is 0 Å². The van der Waals surface area contributed by atoms with E-state index in [-0.39, 0.29) is 11.7 Å². The maximum Gasteiger partial charge on any atom is 0.253 e. The highest BCUT2D eigenvalue weighted by Gasteiger charge is 2.27. The Bertz CT molecular complexity index is 1280. The minimum atomic E-state index is -0.392. The standard InChI is InChI=1S/C25H17FN2OS/c26-18-14-12-17(13-15-18)23-25(30-22-11-4-3-10-21(22)27-23)28-24(29)20-9-5-7-16-6-1-2-8-19(16)20/h1-15,25H,(H,28,29). The Morgan fingerprint density at radius 3 is 2.47 bits per heavy atom. The number of hydrogen-bond donors (Lipinski definition) is 1. The Kier molecular flexibility index (Phi) is 4.81. The molecule has 5 rings (SSSR count). The zero-order chi connectivity index (χ0) is 20.5. The first kappa shape index (κ1) is 18.6. The largest absolute Gasteiger partial charge is 0.334 e. The highest BCUT2D eigenvalue weighted by molar-refractivity contribution is 8.00. The smallest absolute Gasteiger partial charge is 0.253 e. The third-order valence-corrected chi connectivity index (χ3v) is 6.21. The molecular formula is C25H17FN2OS. The lowest BCUT2D eigenvalue weighted by Gasteiger charge is -2.26. The molecule has 1 amide bonds. The second kappa shape index (κ2) is 7.76. The van der Waals surface area contributed by atoms with Crippen LogP contribution in [-0.4, -0.2) is 17.0 Å². The monoisotopic (exact) mass is 412 g/mol. The fourth-order valence-electron chi connectivity index (χ4n) is 3.57. The van der Waals surface area contributed by atoms with Crippen molar-refractivity contribution >= 4 is 39.8 Å². The van der Waals surface area contributed by atoms with E-state index in [1.165, 1.54) is 23.9 Å². The normalized spacial score (nSPS) is 15.4. The number of benzene rings is 4. The second-order valence-electron chi connectivity index (χ2n) is 6.97. The maximum absolute atomic E-state index is 13.5. The number of halogens is 1. The number of thioether (sulfide) groups is 1. The van der Waals surface area contributed by atoms with Crippen molar-refractivity contribution in [2.24, 2.45) is 4.99 Å². The molecule has 1 aliphatic heterocycles. The molecule has 30 heavy (non-hydrogen) atoms. The predicted molar refractivity (Wildman–Crippen MR) is 120 cm³/mol. The van der Waals surface area contributed by atoms with E-state index < -0.39 is 5.37 Å². The lowest BCUT2D eigenvalue weighted by molar-refractivity contribution is 0.0957. The van der Waals surface area contributed by atoms with Gasteiger partial charge in [0.25, 0.3) is 5.91 Å². The third-order valence-electron chi connectivity index (χ3n) is 5.04. The number of nitrogens with one attached hydrogen (secondary N) is 1. The van der Waals surface area contributed by atoms with Crippen LogP contribution in [0.1, 0.15) is 15.9 Å². The van der Waals surface area contributed by atoms with Crippen molar-refractivity contribution in [2.75, 3.05) is 0 Å². The third kappa shape index (κ3) is 3.48. The van der Waals surface area contributed by atoms with E-state index in [0.29, 0.717) is 11.3 Å². The van der Waals surface area contributed by atoms with Crippen LogP contribution in [-0.2, 0) is 0 Å². The quantitative estimate of drug-likeness (QED) is 0.451. The number of hydrogen-bond acceptors (Lipinski definition) is 3. The van der Waals surface area contributed by atoms with Crippen LogP contribution in [0.15, 0.2) is 101 Å². The molecule has 4 aromatic rings. The maximum atomic E-state index is 13.5. The number of amides is 1. The van der Waals surface area contributed by atoms with Gasteiger partial charge in [-0.15, -0.1) is 0 Å². The Morgan fingerprint density at radius 1 is 0.867 bits per heavy atom. The van der Waals surface area contributed by atoms with Crippen molar-refractivity contribution in [1.29, 1.82) is 0 Å². The molecule has 1 unspecified atom stereocenters. The average Bonchev–Trinajstić information content (AvgIpc) is 2.79. The molecule has 0 fully saturated rings. The van der Waals surface area contributed by atoms with Crippen molar-refractivity contribution in [1.82, 2.24) is 5.32 Å². The van der Waals surface area contributed by atoms with Gasteiger partial charge in [0, 0.05) is 10.5 Å². The highest BCUT2D eigenvalue weighted by atomic mass is 32.2. The van der Waals surface area contributed by atoms with Gasteiger partial charge in [-0.1, -0.05) is 72.4 Å². The fourth-order valence-corrected chi connectivity index (χ4v) is 4.69. The molecule has 0 aliphatic carbocycles. The molecule has 1 aliphatic rings. The van der Waals surface area contributed by atoms with Gasteiger partial charge in [-0.2, -0.15) is 0 Å². The topological polar surface area (TPSA) is 41.5 Å². The van der Waals surface area contributed by atoms with Crippen molar-refractivity contribution in [3.63, 3.8) is 0 Å². The summed E-state index contributed by atoms with van der Waals surface area (Å²) in [5, 5.41) is 4.65. The number of aliphatic imine (C=N–C) groups is 1. The minimum Gasteiger partial charge on any atom is -0.334 e. The minimum absolute atomic E-state index is 0.168. The number of nitrogens with zero attached hydrogens (tertiary/aromatic N) is 1. The van der Waals surface area contributed by atoms with Gasteiger partial charge in [-0.3, -0.25) is 4.79 Å². The molecule has 3 nitrogen and oxygen atoms in total. The molecular weight excluding hydrogens is 395 g/mol. The summed E-state index contributed by atoms with van der Waals surface area (Å²) in [7, 11) is 0. The van der Waals surface area contributed by atoms with E-state index in [1.54, 1.807) is 12.1 Å². The van der Waals surface area contributed by atoms with Gasteiger partial charge in [-0.25, -0.2) is 9.38 Å². The SMILES string of the molecule is O=C(NC1Sc2ccccc2N=C1c1ccc(F)cc1)c1cccc2ccccc12. The second-order valence-corrected chi connectivity index (χ2v) is 8.12. The number of carbonyl (C=O) groups is 1. The number of para-hydroxylation sites is 1. The van der Waals surface area contributed by atoms with E-state index in [0.717, 1.165) is 26.9 Å². The van der Waals surface area contributed by atoms with Crippen LogP contribution >= 0.6 is 11.8 Å². The van der Waals surface area contributed by atoms with Crippen molar-refractivity contribution in [2.45, 2.75) is 10.3 Å². The first-order chi connectivity index (χ1) is 14.7. The summed E-state index contributed by atoms with van der Waals surface area (Å²) in [4.78, 5) is 19.0. The van der Waals surface area contributed by atoms with Crippen LogP contribution in [0.3, 0.4) is 0 Å². The van der Waals surface area contributed by atoms with Crippen LogP contribution in [0.5, 0.6) is 0 Å². The summed E-state index contributed by atoms with van der Waals surface area (Å²) in [6.07, 6.45) is 0. The van der Waals surface area contributed by atoms with E-state index in [4.69, 9.17) is 4.99 Å². The van der Waals surface area contributed by atoms with Crippen molar-refractivity contribution in [3.8, 4) is 0 Å². The Labute approximate surface area is 177 Å². The molecule has 0 saturated heterocycles. The van der Waals surface area contributed by atoms with Crippen molar-refractivity contribution < 1.29 is 9.18 Å².